The van der Waals surface area contributed by atoms with Crippen LogP contribution in [0.25, 0.3) is 0 Å². The van der Waals surface area contributed by atoms with Gasteiger partial charge in [-0.2, -0.15) is 0 Å². The third-order valence-corrected chi connectivity index (χ3v) is 4.00. The van der Waals surface area contributed by atoms with Gasteiger partial charge in [-0.3, -0.25) is 14.9 Å². The zero-order chi connectivity index (χ0) is 20.8. The van der Waals surface area contributed by atoms with Crippen molar-refractivity contribution in [3.8, 4) is 5.75 Å². The lowest BCUT2D eigenvalue weighted by atomic mass is 10.2. The Morgan fingerprint density at radius 3 is 2.52 bits per heavy atom. The maximum Gasteiger partial charge on any atom is 0.291 e. The lowest BCUT2D eigenvalue weighted by molar-refractivity contribution is 0.0971. The highest BCUT2D eigenvalue weighted by Crippen LogP contribution is 2.28. The Labute approximate surface area is 170 Å². The van der Waals surface area contributed by atoms with E-state index in [1.54, 1.807) is 30.3 Å². The highest BCUT2D eigenvalue weighted by atomic mass is 32.1. The number of furan rings is 1. The Bertz CT molecular complexity index is 1050. The minimum atomic E-state index is -0.693. The van der Waals surface area contributed by atoms with Gasteiger partial charge in [0.25, 0.3) is 11.8 Å². The van der Waals surface area contributed by atoms with Gasteiger partial charge in [0, 0.05) is 5.69 Å². The van der Waals surface area contributed by atoms with Gasteiger partial charge in [-0.15, -0.1) is 0 Å². The zero-order valence-corrected chi connectivity index (χ0v) is 16.0. The summed E-state index contributed by atoms with van der Waals surface area (Å²) in [4.78, 5) is 24.3. The van der Waals surface area contributed by atoms with E-state index in [2.05, 4.69) is 16.0 Å². The summed E-state index contributed by atoms with van der Waals surface area (Å²) in [7, 11) is 1.46. The van der Waals surface area contributed by atoms with Crippen LogP contribution in [0.15, 0.2) is 65.3 Å². The molecule has 0 fully saturated rings. The molecule has 1 heterocycles. The molecule has 3 rings (SSSR count). The van der Waals surface area contributed by atoms with Crippen molar-refractivity contribution in [2.75, 3.05) is 17.7 Å². The van der Waals surface area contributed by atoms with Gasteiger partial charge in [0.1, 0.15) is 11.6 Å². The third-order valence-electron chi connectivity index (χ3n) is 3.80. The van der Waals surface area contributed by atoms with Crippen LogP contribution in [0.2, 0.25) is 0 Å². The molecule has 0 radical (unpaired) electrons. The number of hydrogen-bond donors (Lipinski definition) is 3. The first-order chi connectivity index (χ1) is 14.0. The minimum absolute atomic E-state index is 0.0638. The molecule has 0 aliphatic carbocycles. The first-order valence-corrected chi connectivity index (χ1v) is 8.78. The van der Waals surface area contributed by atoms with Gasteiger partial charge < -0.3 is 19.8 Å². The molecule has 0 saturated carbocycles. The van der Waals surface area contributed by atoms with Gasteiger partial charge in [0.15, 0.2) is 10.9 Å². The molecule has 29 heavy (non-hydrogen) atoms. The summed E-state index contributed by atoms with van der Waals surface area (Å²) >= 11 is 5.14. The summed E-state index contributed by atoms with van der Waals surface area (Å²) in [6.45, 7) is 0. The van der Waals surface area contributed by atoms with Crippen LogP contribution in [0, 0.1) is 5.82 Å². The quantitative estimate of drug-likeness (QED) is 0.551. The summed E-state index contributed by atoms with van der Waals surface area (Å²) in [5.41, 5.74) is 0.699. The van der Waals surface area contributed by atoms with E-state index >= 15 is 0 Å². The number of thiocarbonyl (C=S) groups is 1. The van der Waals surface area contributed by atoms with Gasteiger partial charge in [-0.05, 0) is 54.7 Å². The maximum atomic E-state index is 13.7. The molecule has 9 heteroatoms. The third kappa shape index (κ3) is 4.96. The lowest BCUT2D eigenvalue weighted by Crippen LogP contribution is -2.34. The van der Waals surface area contributed by atoms with Crippen LogP contribution in [0.1, 0.15) is 20.9 Å². The molecule has 0 bridgehead atoms. The monoisotopic (exact) mass is 413 g/mol. The average Bonchev–Trinajstić information content (AvgIpc) is 3.23. The Morgan fingerprint density at radius 1 is 1.03 bits per heavy atom. The minimum Gasteiger partial charge on any atom is -0.495 e. The topological polar surface area (TPSA) is 92.6 Å². The van der Waals surface area contributed by atoms with Crippen LogP contribution >= 0.6 is 12.2 Å². The van der Waals surface area contributed by atoms with Crippen molar-refractivity contribution in [1.82, 2.24) is 5.32 Å². The molecule has 0 saturated heterocycles. The highest BCUT2D eigenvalue weighted by Gasteiger charge is 2.15. The van der Waals surface area contributed by atoms with E-state index in [4.69, 9.17) is 21.4 Å². The molecule has 2 amide bonds. The molecular weight excluding hydrogens is 397 g/mol. The first-order valence-electron chi connectivity index (χ1n) is 8.37. The number of amides is 2. The van der Waals surface area contributed by atoms with E-state index < -0.39 is 17.6 Å². The second-order valence-corrected chi connectivity index (χ2v) is 6.14. The van der Waals surface area contributed by atoms with Crippen LogP contribution in [0.3, 0.4) is 0 Å². The molecule has 0 aliphatic heterocycles. The van der Waals surface area contributed by atoms with E-state index in [0.717, 1.165) is 0 Å². The second kappa shape index (κ2) is 8.98. The fraction of sp³-hybridized carbons (Fsp3) is 0.0500. The standard InChI is InChI=1S/C20H16FN3O4S/c1-27-16-9-8-12(22-19(26)17-7-4-10-28-17)11-15(16)23-20(29)24-18(25)13-5-2-3-6-14(13)21/h2-11H,1H3,(H,22,26)(H2,23,24,25,29). The molecule has 3 aromatic rings. The molecular formula is C20H16FN3O4S. The van der Waals surface area contributed by atoms with Crippen LogP contribution in [-0.4, -0.2) is 24.0 Å². The summed E-state index contributed by atoms with van der Waals surface area (Å²) < 4.78 is 24.0. The van der Waals surface area contributed by atoms with Crippen molar-refractivity contribution in [1.29, 1.82) is 0 Å². The molecule has 3 N–H and O–H groups in total. The van der Waals surface area contributed by atoms with Gasteiger partial charge in [-0.25, -0.2) is 4.39 Å². The van der Waals surface area contributed by atoms with Crippen LogP contribution < -0.4 is 20.7 Å². The van der Waals surface area contributed by atoms with E-state index in [0.29, 0.717) is 17.1 Å². The smallest absolute Gasteiger partial charge is 0.291 e. The van der Waals surface area contributed by atoms with Gasteiger partial charge in [-0.1, -0.05) is 12.1 Å². The molecule has 7 nitrogen and oxygen atoms in total. The van der Waals surface area contributed by atoms with E-state index in [-0.39, 0.29) is 16.4 Å². The number of rotatable bonds is 5. The number of carbonyl (C=O) groups excluding carboxylic acids is 2. The Kier molecular flexibility index (Phi) is 6.20. The van der Waals surface area contributed by atoms with Gasteiger partial charge >= 0.3 is 0 Å². The van der Waals surface area contributed by atoms with Crippen molar-refractivity contribution in [3.05, 3.63) is 78.0 Å². The number of hydrogen-bond acceptors (Lipinski definition) is 5. The number of nitrogens with one attached hydrogen (secondary N) is 3. The molecule has 148 valence electrons. The van der Waals surface area contributed by atoms with Crippen LogP contribution in [-0.2, 0) is 0 Å². The molecule has 0 unspecified atom stereocenters. The number of anilines is 2. The summed E-state index contributed by atoms with van der Waals surface area (Å²) in [5, 5.41) is 7.82. The largest absolute Gasteiger partial charge is 0.495 e. The second-order valence-electron chi connectivity index (χ2n) is 5.73. The van der Waals surface area contributed by atoms with Crippen molar-refractivity contribution < 1.29 is 23.1 Å². The number of ether oxygens (including phenoxy) is 1. The van der Waals surface area contributed by atoms with Crippen LogP contribution in [0.5, 0.6) is 5.75 Å². The first kappa shape index (κ1) is 20.0. The molecule has 1 aromatic heterocycles. The lowest BCUT2D eigenvalue weighted by Gasteiger charge is -2.14. The average molecular weight is 413 g/mol. The molecule has 0 atom stereocenters. The normalized spacial score (nSPS) is 10.1. The number of halogens is 1. The van der Waals surface area contributed by atoms with Gasteiger partial charge in [0.2, 0.25) is 0 Å². The molecule has 2 aromatic carbocycles. The predicted molar refractivity (Wildman–Crippen MR) is 110 cm³/mol. The van der Waals surface area contributed by atoms with E-state index in [1.165, 1.54) is 37.6 Å². The fourth-order valence-electron chi connectivity index (χ4n) is 2.45. The van der Waals surface area contributed by atoms with Crippen molar-refractivity contribution in [2.45, 2.75) is 0 Å². The SMILES string of the molecule is COc1ccc(NC(=O)c2ccco2)cc1NC(=S)NC(=O)c1ccccc1F. The highest BCUT2D eigenvalue weighted by molar-refractivity contribution is 7.80. The Morgan fingerprint density at radius 2 is 1.83 bits per heavy atom. The summed E-state index contributed by atoms with van der Waals surface area (Å²) in [5.74, 6) is -1.21. The van der Waals surface area contributed by atoms with Crippen molar-refractivity contribution >= 4 is 40.5 Å². The van der Waals surface area contributed by atoms with Crippen molar-refractivity contribution in [3.63, 3.8) is 0 Å². The zero-order valence-electron chi connectivity index (χ0n) is 15.2. The number of benzene rings is 2. The Hall–Kier alpha value is -3.72. The Balaban J connectivity index is 1.71. The number of carbonyl (C=O) groups is 2. The number of methoxy groups -OCH3 is 1. The molecule has 0 spiro atoms. The maximum absolute atomic E-state index is 13.7. The van der Waals surface area contributed by atoms with Crippen LogP contribution in [0.4, 0.5) is 15.8 Å². The summed E-state index contributed by atoms with van der Waals surface area (Å²) in [6.07, 6.45) is 1.40. The van der Waals surface area contributed by atoms with E-state index in [9.17, 15) is 14.0 Å². The fourth-order valence-corrected chi connectivity index (χ4v) is 2.66. The van der Waals surface area contributed by atoms with Gasteiger partial charge in [0.05, 0.1) is 24.6 Å². The molecule has 0 aliphatic rings. The van der Waals surface area contributed by atoms with Crippen molar-refractivity contribution in [2.24, 2.45) is 0 Å². The van der Waals surface area contributed by atoms with E-state index in [1.807, 2.05) is 0 Å². The predicted octanol–water partition coefficient (Wildman–Crippen LogP) is 3.81. The summed E-state index contributed by atoms with van der Waals surface area (Å²) in [6, 6.07) is 13.5.